The van der Waals surface area contributed by atoms with Gasteiger partial charge in [-0.2, -0.15) is 0 Å². The minimum absolute atomic E-state index is 0.0935. The van der Waals surface area contributed by atoms with Crippen molar-refractivity contribution in [1.82, 2.24) is 0 Å². The molecule has 3 N–H and O–H groups in total. The highest BCUT2D eigenvalue weighted by atomic mass is 32.2. The number of benzene rings is 1. The lowest BCUT2D eigenvalue weighted by Gasteiger charge is -2.23. The summed E-state index contributed by atoms with van der Waals surface area (Å²) in [4.78, 5) is 23.7. The van der Waals surface area contributed by atoms with Crippen LogP contribution in [-0.2, 0) is 16.0 Å². The molecule has 5 heteroatoms. The largest absolute Gasteiger partial charge is 0.480 e. The molecule has 1 aliphatic heterocycles. The molecule has 4 nitrogen and oxygen atoms in total. The molecule has 2 atom stereocenters. The topological polar surface area (TPSA) is 80.4 Å². The van der Waals surface area contributed by atoms with Gasteiger partial charge in [0.1, 0.15) is 5.41 Å². The molecule has 0 aromatic heterocycles. The molecule has 1 aliphatic rings. The summed E-state index contributed by atoms with van der Waals surface area (Å²) in [5.41, 5.74) is 4.95. The summed E-state index contributed by atoms with van der Waals surface area (Å²) in [6.45, 7) is 1.40. The number of thioether (sulfide) groups is 1. The third-order valence-electron chi connectivity index (χ3n) is 3.37. The summed E-state index contributed by atoms with van der Waals surface area (Å²) in [6, 6.07) is 7.97. The Labute approximate surface area is 110 Å². The SMILES string of the molecule is CC(CC1Cc2ccccc2S1)(C(N)=O)C(=O)O. The average Bonchev–Trinajstić information content (AvgIpc) is 2.70. The maximum Gasteiger partial charge on any atom is 0.318 e. The molecule has 2 unspecified atom stereocenters. The maximum absolute atomic E-state index is 11.4. The molecule has 1 heterocycles. The first kappa shape index (κ1) is 13.0. The van der Waals surface area contributed by atoms with Crippen molar-refractivity contribution >= 4 is 23.6 Å². The minimum Gasteiger partial charge on any atom is -0.480 e. The molecule has 2 rings (SSSR count). The van der Waals surface area contributed by atoms with E-state index in [0.29, 0.717) is 0 Å². The van der Waals surface area contributed by atoms with Crippen LogP contribution in [0.5, 0.6) is 0 Å². The van der Waals surface area contributed by atoms with E-state index in [1.54, 1.807) is 11.8 Å². The first-order valence-corrected chi connectivity index (χ1v) is 6.59. The second-order valence-electron chi connectivity index (χ2n) is 4.76. The minimum atomic E-state index is -1.49. The highest BCUT2D eigenvalue weighted by Crippen LogP contribution is 2.42. The summed E-state index contributed by atoms with van der Waals surface area (Å²) in [6.07, 6.45) is 1.05. The number of nitrogens with two attached hydrogens (primary N) is 1. The molecule has 0 bridgehead atoms. The van der Waals surface area contributed by atoms with Crippen LogP contribution in [0, 0.1) is 5.41 Å². The van der Waals surface area contributed by atoms with E-state index in [2.05, 4.69) is 0 Å². The first-order valence-electron chi connectivity index (χ1n) is 5.71. The number of fused-ring (bicyclic) bond motifs is 1. The van der Waals surface area contributed by atoms with E-state index >= 15 is 0 Å². The van der Waals surface area contributed by atoms with Crippen LogP contribution in [0.25, 0.3) is 0 Å². The van der Waals surface area contributed by atoms with Gasteiger partial charge in [-0.25, -0.2) is 0 Å². The van der Waals surface area contributed by atoms with Gasteiger partial charge in [0.15, 0.2) is 0 Å². The molecule has 0 fully saturated rings. The third-order valence-corrected chi connectivity index (χ3v) is 4.68. The van der Waals surface area contributed by atoms with Crippen LogP contribution in [0.1, 0.15) is 18.9 Å². The number of carboxylic acids is 1. The summed E-state index contributed by atoms with van der Waals surface area (Å²) >= 11 is 1.63. The fourth-order valence-corrected chi connectivity index (χ4v) is 3.61. The summed E-state index contributed by atoms with van der Waals surface area (Å²) in [5, 5.41) is 9.26. The molecule has 18 heavy (non-hydrogen) atoms. The van der Waals surface area contributed by atoms with Crippen molar-refractivity contribution in [2.24, 2.45) is 11.1 Å². The summed E-state index contributed by atoms with van der Waals surface area (Å²) in [7, 11) is 0. The van der Waals surface area contributed by atoms with E-state index in [-0.39, 0.29) is 11.7 Å². The summed E-state index contributed by atoms with van der Waals surface area (Å²) in [5.74, 6) is -1.92. The van der Waals surface area contributed by atoms with Crippen LogP contribution in [-0.4, -0.2) is 22.2 Å². The number of carboxylic acid groups (broad SMARTS) is 1. The van der Waals surface area contributed by atoms with Crippen molar-refractivity contribution in [2.75, 3.05) is 0 Å². The fraction of sp³-hybridized carbons (Fsp3) is 0.385. The molecule has 1 amide bonds. The maximum atomic E-state index is 11.4. The number of rotatable bonds is 4. The molecular weight excluding hydrogens is 250 g/mol. The van der Waals surface area contributed by atoms with E-state index in [0.717, 1.165) is 6.42 Å². The second kappa shape index (κ2) is 4.65. The quantitative estimate of drug-likeness (QED) is 0.811. The van der Waals surface area contributed by atoms with Crippen molar-refractivity contribution < 1.29 is 14.7 Å². The molecule has 1 aromatic rings. The molecule has 0 saturated carbocycles. The average molecular weight is 265 g/mol. The zero-order valence-corrected chi connectivity index (χ0v) is 10.9. The molecule has 96 valence electrons. The Bertz CT molecular complexity index is 462. The zero-order chi connectivity index (χ0) is 13.3. The highest BCUT2D eigenvalue weighted by Gasteiger charge is 2.43. The van der Waals surface area contributed by atoms with E-state index in [4.69, 9.17) is 5.73 Å². The van der Waals surface area contributed by atoms with Crippen molar-refractivity contribution in [2.45, 2.75) is 29.9 Å². The predicted molar refractivity (Wildman–Crippen MR) is 69.3 cm³/mol. The van der Waals surface area contributed by atoms with Gasteiger partial charge in [0.2, 0.25) is 5.91 Å². The van der Waals surface area contributed by atoms with Gasteiger partial charge in [0, 0.05) is 10.1 Å². The first-order chi connectivity index (χ1) is 8.43. The Morgan fingerprint density at radius 2 is 2.17 bits per heavy atom. The van der Waals surface area contributed by atoms with Gasteiger partial charge < -0.3 is 10.8 Å². The Balaban J connectivity index is 2.13. The number of primary amides is 1. The van der Waals surface area contributed by atoms with Gasteiger partial charge in [0.05, 0.1) is 0 Å². The van der Waals surface area contributed by atoms with Crippen molar-refractivity contribution in [3.63, 3.8) is 0 Å². The van der Waals surface area contributed by atoms with Gasteiger partial charge in [-0.3, -0.25) is 9.59 Å². The Morgan fingerprint density at radius 3 is 2.72 bits per heavy atom. The van der Waals surface area contributed by atoms with Crippen molar-refractivity contribution in [3.05, 3.63) is 29.8 Å². The Morgan fingerprint density at radius 1 is 1.50 bits per heavy atom. The number of hydrogen-bond acceptors (Lipinski definition) is 3. The number of carbonyl (C=O) groups is 2. The lowest BCUT2D eigenvalue weighted by molar-refractivity contribution is -0.153. The van der Waals surface area contributed by atoms with Crippen molar-refractivity contribution in [3.8, 4) is 0 Å². The van der Waals surface area contributed by atoms with Crippen molar-refractivity contribution in [1.29, 1.82) is 0 Å². The van der Waals surface area contributed by atoms with Crippen LogP contribution >= 0.6 is 11.8 Å². The lowest BCUT2D eigenvalue weighted by atomic mass is 9.83. The predicted octanol–water partition coefficient (Wildman–Crippen LogP) is 1.67. The third kappa shape index (κ3) is 2.22. The molecule has 1 aromatic carbocycles. The van der Waals surface area contributed by atoms with E-state index in [9.17, 15) is 14.7 Å². The van der Waals surface area contributed by atoms with Crippen LogP contribution < -0.4 is 5.73 Å². The highest BCUT2D eigenvalue weighted by molar-refractivity contribution is 8.00. The Kier molecular flexibility index (Phi) is 3.34. The molecule has 0 radical (unpaired) electrons. The van der Waals surface area contributed by atoms with Gasteiger partial charge in [0.25, 0.3) is 0 Å². The molecule has 0 spiro atoms. The number of carbonyl (C=O) groups excluding carboxylic acids is 1. The van der Waals surface area contributed by atoms with Crippen LogP contribution in [0.2, 0.25) is 0 Å². The van der Waals surface area contributed by atoms with Crippen LogP contribution in [0.15, 0.2) is 29.2 Å². The fourth-order valence-electron chi connectivity index (χ4n) is 2.12. The molecule has 0 aliphatic carbocycles. The number of aliphatic carboxylic acids is 1. The van der Waals surface area contributed by atoms with Crippen LogP contribution in [0.3, 0.4) is 0 Å². The molecular formula is C13H15NO3S. The normalized spacial score (nSPS) is 21.1. The second-order valence-corrected chi connectivity index (χ2v) is 6.10. The summed E-state index contributed by atoms with van der Waals surface area (Å²) < 4.78 is 0. The van der Waals surface area contributed by atoms with E-state index in [1.807, 2.05) is 24.3 Å². The van der Waals surface area contributed by atoms with Gasteiger partial charge in [-0.1, -0.05) is 18.2 Å². The standard InChI is InChI=1S/C13H15NO3S/c1-13(11(14)15,12(16)17)7-9-6-8-4-2-3-5-10(8)18-9/h2-5,9H,6-7H2,1H3,(H2,14,15)(H,16,17). The van der Waals surface area contributed by atoms with E-state index in [1.165, 1.54) is 17.4 Å². The van der Waals surface area contributed by atoms with Gasteiger partial charge >= 0.3 is 5.97 Å². The monoisotopic (exact) mass is 265 g/mol. The smallest absolute Gasteiger partial charge is 0.318 e. The van der Waals surface area contributed by atoms with Gasteiger partial charge in [-0.05, 0) is 31.4 Å². The van der Waals surface area contributed by atoms with Crippen LogP contribution in [0.4, 0.5) is 0 Å². The number of amides is 1. The lowest BCUT2D eigenvalue weighted by Crippen LogP contribution is -2.43. The zero-order valence-electron chi connectivity index (χ0n) is 10.1. The van der Waals surface area contributed by atoms with E-state index < -0.39 is 17.3 Å². The Hall–Kier alpha value is -1.49. The molecule has 0 saturated heterocycles. The van der Waals surface area contributed by atoms with Gasteiger partial charge in [-0.15, -0.1) is 11.8 Å². The number of hydrogen-bond donors (Lipinski definition) is 2.